The lowest BCUT2D eigenvalue weighted by Crippen LogP contribution is -2.47. The van der Waals surface area contributed by atoms with Crippen molar-refractivity contribution in [2.75, 3.05) is 7.11 Å². The second-order valence-corrected chi connectivity index (χ2v) is 6.12. The first kappa shape index (κ1) is 18.3. The van der Waals surface area contributed by atoms with Crippen molar-refractivity contribution in [3.8, 4) is 11.8 Å². The maximum absolute atomic E-state index is 12.0. The summed E-state index contributed by atoms with van der Waals surface area (Å²) in [4.78, 5) is 20.3. The van der Waals surface area contributed by atoms with Gasteiger partial charge in [-0.15, -0.1) is 0 Å². The number of carbonyl (C=O) groups excluding carboxylic acids is 1. The van der Waals surface area contributed by atoms with Crippen LogP contribution >= 0.6 is 0 Å². The summed E-state index contributed by atoms with van der Waals surface area (Å²) in [5.74, 6) is 0.929. The second-order valence-electron chi connectivity index (χ2n) is 6.12. The van der Waals surface area contributed by atoms with Gasteiger partial charge in [-0.1, -0.05) is 13.8 Å². The fourth-order valence-electron chi connectivity index (χ4n) is 2.89. The summed E-state index contributed by atoms with van der Waals surface area (Å²) in [6, 6.07) is 0.388. The zero-order chi connectivity index (χ0) is 17.4. The Bertz CT molecular complexity index is 514. The summed E-state index contributed by atoms with van der Waals surface area (Å²) in [6.07, 6.45) is 8.72. The fraction of sp³-hybridized carbons (Fsp3) is 0.706. The fourth-order valence-corrected chi connectivity index (χ4v) is 2.89. The number of nitrogens with zero attached hydrogens (tertiary/aromatic N) is 2. The number of nitrogens with one attached hydrogen (secondary N) is 2. The molecule has 0 unspecified atom stereocenters. The van der Waals surface area contributed by atoms with Gasteiger partial charge in [0.05, 0.1) is 19.5 Å². The second kappa shape index (κ2) is 9.30. The zero-order valence-electron chi connectivity index (χ0n) is 14.7. The molecular weight excluding hydrogens is 308 g/mol. The number of hydrogen-bond donors (Lipinski definition) is 2. The van der Waals surface area contributed by atoms with E-state index in [0.29, 0.717) is 11.8 Å². The van der Waals surface area contributed by atoms with Crippen LogP contribution in [0.15, 0.2) is 12.4 Å². The topological polar surface area (TPSA) is 85.4 Å². The van der Waals surface area contributed by atoms with Gasteiger partial charge in [0, 0.05) is 12.1 Å². The molecule has 1 aromatic heterocycles. The molecule has 1 aromatic rings. The molecule has 134 valence electrons. The number of aromatic nitrogens is 2. The van der Waals surface area contributed by atoms with Crippen LogP contribution in [0.5, 0.6) is 11.8 Å². The van der Waals surface area contributed by atoms with E-state index in [1.54, 1.807) is 19.5 Å². The van der Waals surface area contributed by atoms with E-state index in [1.807, 2.05) is 0 Å². The molecule has 0 bridgehead atoms. The maximum atomic E-state index is 12.0. The Labute approximate surface area is 143 Å². The highest BCUT2D eigenvalue weighted by molar-refractivity contribution is 5.74. The van der Waals surface area contributed by atoms with Crippen molar-refractivity contribution >= 4 is 6.03 Å². The lowest BCUT2D eigenvalue weighted by molar-refractivity contribution is 0.133. The van der Waals surface area contributed by atoms with Gasteiger partial charge in [-0.2, -0.15) is 4.98 Å². The van der Waals surface area contributed by atoms with E-state index in [0.717, 1.165) is 38.5 Å². The quantitative estimate of drug-likeness (QED) is 0.799. The molecule has 0 spiro atoms. The Morgan fingerprint density at radius 3 is 2.50 bits per heavy atom. The van der Waals surface area contributed by atoms with Crippen LogP contribution in [0, 0.1) is 0 Å². The number of ether oxygens (including phenoxy) is 2. The van der Waals surface area contributed by atoms with E-state index in [2.05, 4.69) is 34.4 Å². The van der Waals surface area contributed by atoms with Crippen LogP contribution in [0.1, 0.15) is 52.4 Å². The van der Waals surface area contributed by atoms with Gasteiger partial charge in [0.2, 0.25) is 11.8 Å². The van der Waals surface area contributed by atoms with Gasteiger partial charge in [-0.25, -0.2) is 4.79 Å². The third-order valence-corrected chi connectivity index (χ3v) is 4.42. The minimum Gasteiger partial charge on any atom is -0.480 e. The average Bonchev–Trinajstić information content (AvgIpc) is 2.61. The molecule has 2 amide bonds. The van der Waals surface area contributed by atoms with Gasteiger partial charge in [-0.3, -0.25) is 4.98 Å². The third-order valence-electron chi connectivity index (χ3n) is 4.42. The lowest BCUT2D eigenvalue weighted by atomic mass is 9.93. The Morgan fingerprint density at radius 2 is 1.88 bits per heavy atom. The van der Waals surface area contributed by atoms with E-state index < -0.39 is 0 Å². The number of carbonyl (C=O) groups is 1. The van der Waals surface area contributed by atoms with Gasteiger partial charge in [-0.05, 0) is 38.5 Å². The Kier molecular flexibility index (Phi) is 7.08. The number of urea groups is 1. The predicted octanol–water partition coefficient (Wildman–Crippen LogP) is 2.66. The van der Waals surface area contributed by atoms with Crippen molar-refractivity contribution in [3.05, 3.63) is 12.4 Å². The van der Waals surface area contributed by atoms with Crippen LogP contribution in [0.25, 0.3) is 0 Å². The molecule has 1 heterocycles. The monoisotopic (exact) mass is 336 g/mol. The van der Waals surface area contributed by atoms with Gasteiger partial charge in [0.15, 0.2) is 0 Å². The minimum atomic E-state index is -0.0632. The third kappa shape index (κ3) is 5.54. The molecule has 1 aliphatic carbocycles. The minimum absolute atomic E-state index is 0.0632. The van der Waals surface area contributed by atoms with Gasteiger partial charge < -0.3 is 20.1 Å². The van der Waals surface area contributed by atoms with E-state index in [4.69, 9.17) is 9.47 Å². The molecule has 0 atom stereocenters. The highest BCUT2D eigenvalue weighted by Crippen LogP contribution is 2.23. The molecule has 7 nitrogen and oxygen atoms in total. The number of hydrogen-bond acceptors (Lipinski definition) is 5. The van der Waals surface area contributed by atoms with Crippen molar-refractivity contribution in [1.29, 1.82) is 0 Å². The summed E-state index contributed by atoms with van der Waals surface area (Å²) in [7, 11) is 1.55. The van der Waals surface area contributed by atoms with Gasteiger partial charge in [0.1, 0.15) is 6.10 Å². The van der Waals surface area contributed by atoms with Crippen molar-refractivity contribution < 1.29 is 14.3 Å². The largest absolute Gasteiger partial charge is 0.480 e. The summed E-state index contributed by atoms with van der Waals surface area (Å²) in [5, 5.41) is 6.08. The molecule has 0 radical (unpaired) electrons. The normalized spacial score (nSPS) is 20.5. The van der Waals surface area contributed by atoms with E-state index in [9.17, 15) is 4.79 Å². The van der Waals surface area contributed by atoms with E-state index >= 15 is 0 Å². The Morgan fingerprint density at radius 1 is 1.21 bits per heavy atom. The van der Waals surface area contributed by atoms with Crippen LogP contribution in [0.4, 0.5) is 4.79 Å². The van der Waals surface area contributed by atoms with Crippen LogP contribution < -0.4 is 20.1 Å². The Balaban J connectivity index is 1.73. The van der Waals surface area contributed by atoms with Gasteiger partial charge in [0.25, 0.3) is 0 Å². The smallest absolute Gasteiger partial charge is 0.315 e. The summed E-state index contributed by atoms with van der Waals surface area (Å²) in [5.41, 5.74) is 0. The zero-order valence-corrected chi connectivity index (χ0v) is 14.7. The van der Waals surface area contributed by atoms with E-state index in [1.165, 1.54) is 0 Å². The predicted molar refractivity (Wildman–Crippen MR) is 91.3 cm³/mol. The lowest BCUT2D eigenvalue weighted by Gasteiger charge is -2.29. The van der Waals surface area contributed by atoms with Crippen LogP contribution in [0.2, 0.25) is 0 Å². The van der Waals surface area contributed by atoms with Crippen molar-refractivity contribution in [1.82, 2.24) is 20.6 Å². The first-order chi connectivity index (χ1) is 11.6. The first-order valence-corrected chi connectivity index (χ1v) is 8.74. The highest BCUT2D eigenvalue weighted by Gasteiger charge is 2.24. The number of methoxy groups -OCH3 is 1. The molecule has 0 saturated heterocycles. The number of rotatable bonds is 7. The Hall–Kier alpha value is -2.05. The van der Waals surface area contributed by atoms with E-state index in [-0.39, 0.29) is 24.2 Å². The average molecular weight is 336 g/mol. The summed E-state index contributed by atoms with van der Waals surface area (Å²) in [6.45, 7) is 4.16. The SMILES string of the molecule is CCC(CC)NC(=O)NC1CCC(Oc2cncc(OC)n2)CC1. The standard InChI is InChI=1S/C17H28N4O3/c1-4-12(5-2)19-17(22)20-13-6-8-14(9-7-13)24-16-11-18-10-15(21-16)23-3/h10-14H,4-9H2,1-3H3,(H2,19,20,22). The highest BCUT2D eigenvalue weighted by atomic mass is 16.5. The molecule has 2 rings (SSSR count). The maximum Gasteiger partial charge on any atom is 0.315 e. The number of amides is 2. The molecule has 7 heteroatoms. The molecule has 24 heavy (non-hydrogen) atoms. The summed E-state index contributed by atoms with van der Waals surface area (Å²) < 4.78 is 10.9. The first-order valence-electron chi connectivity index (χ1n) is 8.74. The van der Waals surface area contributed by atoms with Gasteiger partial charge >= 0.3 is 6.03 Å². The molecule has 1 fully saturated rings. The molecule has 2 N–H and O–H groups in total. The molecule has 0 aliphatic heterocycles. The molecule has 1 saturated carbocycles. The van der Waals surface area contributed by atoms with Crippen LogP contribution in [-0.2, 0) is 0 Å². The van der Waals surface area contributed by atoms with Crippen LogP contribution in [0.3, 0.4) is 0 Å². The van der Waals surface area contributed by atoms with Crippen molar-refractivity contribution in [3.63, 3.8) is 0 Å². The van der Waals surface area contributed by atoms with Crippen LogP contribution in [-0.4, -0.2) is 41.3 Å². The van der Waals surface area contributed by atoms with Crippen molar-refractivity contribution in [2.45, 2.75) is 70.6 Å². The molecule has 0 aromatic carbocycles. The molecular formula is C17H28N4O3. The summed E-state index contributed by atoms with van der Waals surface area (Å²) >= 11 is 0. The molecule has 1 aliphatic rings. The van der Waals surface area contributed by atoms with Crippen molar-refractivity contribution in [2.24, 2.45) is 0 Å².